The molecule has 0 N–H and O–H groups in total. The van der Waals surface area contributed by atoms with Gasteiger partial charge in [-0.25, -0.2) is 0 Å². The number of nitrogens with zero attached hydrogens (tertiary/aromatic N) is 1. The summed E-state index contributed by atoms with van der Waals surface area (Å²) in [5, 5.41) is 2.77. The molecule has 0 bridgehead atoms. The van der Waals surface area contributed by atoms with Gasteiger partial charge in [-0.3, -0.25) is 4.79 Å². The number of ether oxygens (including phenoxy) is 1. The molecule has 4 nitrogen and oxygen atoms in total. The molecule has 80 valence electrons. The van der Waals surface area contributed by atoms with Crippen molar-refractivity contribution in [3.8, 4) is 0 Å². The van der Waals surface area contributed by atoms with E-state index in [4.69, 9.17) is 4.74 Å². The van der Waals surface area contributed by atoms with Crippen molar-refractivity contribution >= 4 is 5.78 Å². The van der Waals surface area contributed by atoms with Gasteiger partial charge in [-0.05, 0) is 13.8 Å². The standard InChI is InChI=1S/C10H17NO3/c1-7(2)8(14-5)6-9(12)10(3,4)11-13/h6-7H,1-5H3/b8-6-. The number of carbonyl (C=O) groups is 1. The summed E-state index contributed by atoms with van der Waals surface area (Å²) >= 11 is 0. The normalized spacial score (nSPS) is 12.9. The highest BCUT2D eigenvalue weighted by molar-refractivity contribution is 5.97. The van der Waals surface area contributed by atoms with Crippen LogP contribution in [0.1, 0.15) is 27.7 Å². The molecule has 0 aromatic rings. The fourth-order valence-corrected chi connectivity index (χ4v) is 0.812. The van der Waals surface area contributed by atoms with Crippen molar-refractivity contribution < 1.29 is 9.53 Å². The Hall–Kier alpha value is -1.19. The molecule has 0 unspecified atom stereocenters. The van der Waals surface area contributed by atoms with E-state index < -0.39 is 5.54 Å². The maximum Gasteiger partial charge on any atom is 0.189 e. The Morgan fingerprint density at radius 1 is 1.43 bits per heavy atom. The number of ketones is 1. The Morgan fingerprint density at radius 2 is 1.93 bits per heavy atom. The molecule has 0 heterocycles. The summed E-state index contributed by atoms with van der Waals surface area (Å²) in [5.41, 5.74) is -1.21. The topological polar surface area (TPSA) is 55.7 Å². The van der Waals surface area contributed by atoms with Crippen molar-refractivity contribution in [2.75, 3.05) is 7.11 Å². The largest absolute Gasteiger partial charge is 0.501 e. The Kier molecular flexibility index (Phi) is 4.47. The van der Waals surface area contributed by atoms with Gasteiger partial charge in [-0.15, -0.1) is 4.91 Å². The molecule has 0 fully saturated rings. The molecular formula is C10H17NO3. The number of methoxy groups -OCH3 is 1. The first-order valence-corrected chi connectivity index (χ1v) is 4.49. The summed E-state index contributed by atoms with van der Waals surface area (Å²) in [4.78, 5) is 21.9. The number of rotatable bonds is 5. The number of allylic oxidation sites excluding steroid dienone is 1. The smallest absolute Gasteiger partial charge is 0.189 e. The lowest BCUT2D eigenvalue weighted by atomic mass is 9.98. The summed E-state index contributed by atoms with van der Waals surface area (Å²) in [6, 6.07) is 0. The average molecular weight is 199 g/mol. The van der Waals surface area contributed by atoms with Crippen LogP contribution >= 0.6 is 0 Å². The van der Waals surface area contributed by atoms with Crippen LogP contribution in [0.25, 0.3) is 0 Å². The first-order chi connectivity index (χ1) is 6.35. The Labute approximate surface area is 84.3 Å². The monoisotopic (exact) mass is 199 g/mol. The van der Waals surface area contributed by atoms with Crippen LogP contribution in [0, 0.1) is 10.8 Å². The third-order valence-electron chi connectivity index (χ3n) is 1.91. The predicted molar refractivity (Wildman–Crippen MR) is 54.8 cm³/mol. The second kappa shape index (κ2) is 4.88. The zero-order chi connectivity index (χ0) is 11.4. The minimum atomic E-state index is -1.21. The molecular weight excluding hydrogens is 182 g/mol. The zero-order valence-corrected chi connectivity index (χ0v) is 9.33. The summed E-state index contributed by atoms with van der Waals surface area (Å²) in [5.74, 6) is 0.344. The minimum Gasteiger partial charge on any atom is -0.501 e. The molecule has 4 heteroatoms. The van der Waals surface area contributed by atoms with Gasteiger partial charge in [0.25, 0.3) is 0 Å². The van der Waals surface area contributed by atoms with Crippen molar-refractivity contribution in [2.45, 2.75) is 33.2 Å². The fraction of sp³-hybridized carbons (Fsp3) is 0.700. The highest BCUT2D eigenvalue weighted by Gasteiger charge is 2.27. The maximum atomic E-state index is 11.5. The number of hydrogen-bond acceptors (Lipinski definition) is 4. The molecule has 0 aliphatic rings. The summed E-state index contributed by atoms with van der Waals surface area (Å²) in [7, 11) is 1.50. The van der Waals surface area contributed by atoms with Crippen molar-refractivity contribution in [3.63, 3.8) is 0 Å². The molecule has 0 rings (SSSR count). The van der Waals surface area contributed by atoms with E-state index >= 15 is 0 Å². The minimum absolute atomic E-state index is 0.117. The van der Waals surface area contributed by atoms with Gasteiger partial charge >= 0.3 is 0 Å². The van der Waals surface area contributed by atoms with Crippen LogP contribution in [0.2, 0.25) is 0 Å². The van der Waals surface area contributed by atoms with Crippen molar-refractivity contribution in [1.29, 1.82) is 0 Å². The molecule has 0 amide bonds. The molecule has 0 saturated carbocycles. The lowest BCUT2D eigenvalue weighted by Gasteiger charge is -2.13. The van der Waals surface area contributed by atoms with Crippen molar-refractivity contribution in [3.05, 3.63) is 16.7 Å². The molecule has 0 radical (unpaired) electrons. The van der Waals surface area contributed by atoms with Gasteiger partial charge in [0.1, 0.15) is 5.76 Å². The van der Waals surface area contributed by atoms with Crippen molar-refractivity contribution in [1.82, 2.24) is 0 Å². The van der Waals surface area contributed by atoms with E-state index in [-0.39, 0.29) is 11.7 Å². The van der Waals surface area contributed by atoms with E-state index in [0.717, 1.165) is 0 Å². The van der Waals surface area contributed by atoms with E-state index in [0.29, 0.717) is 5.76 Å². The van der Waals surface area contributed by atoms with Gasteiger partial charge in [-0.2, -0.15) is 0 Å². The fourth-order valence-electron chi connectivity index (χ4n) is 0.812. The van der Waals surface area contributed by atoms with Gasteiger partial charge in [0.2, 0.25) is 0 Å². The van der Waals surface area contributed by atoms with Gasteiger partial charge in [-0.1, -0.05) is 19.0 Å². The van der Waals surface area contributed by atoms with Gasteiger partial charge in [0, 0.05) is 12.0 Å². The van der Waals surface area contributed by atoms with Gasteiger partial charge in [0.15, 0.2) is 11.3 Å². The van der Waals surface area contributed by atoms with Crippen LogP contribution in [0.5, 0.6) is 0 Å². The van der Waals surface area contributed by atoms with E-state index in [1.165, 1.54) is 27.0 Å². The van der Waals surface area contributed by atoms with Crippen LogP contribution in [0.3, 0.4) is 0 Å². The molecule has 0 aliphatic carbocycles. The zero-order valence-electron chi connectivity index (χ0n) is 9.33. The SMILES string of the molecule is CO/C(=C\C(=O)C(C)(C)N=O)C(C)C. The van der Waals surface area contributed by atoms with Crippen molar-refractivity contribution in [2.24, 2.45) is 11.1 Å². The van der Waals surface area contributed by atoms with Crippen LogP contribution in [0.15, 0.2) is 17.0 Å². The Bertz CT molecular complexity index is 254. The second-order valence-corrected chi connectivity index (χ2v) is 3.92. The summed E-state index contributed by atoms with van der Waals surface area (Å²) in [6.07, 6.45) is 1.34. The molecule has 0 aromatic heterocycles. The molecule has 0 aromatic carbocycles. The lowest BCUT2D eigenvalue weighted by molar-refractivity contribution is -0.118. The number of carbonyl (C=O) groups excluding carboxylic acids is 1. The lowest BCUT2D eigenvalue weighted by Crippen LogP contribution is -2.27. The summed E-state index contributed by atoms with van der Waals surface area (Å²) in [6.45, 7) is 6.77. The van der Waals surface area contributed by atoms with E-state index in [9.17, 15) is 9.70 Å². The third-order valence-corrected chi connectivity index (χ3v) is 1.91. The third kappa shape index (κ3) is 3.28. The number of hydrogen-bond donors (Lipinski definition) is 0. The first kappa shape index (κ1) is 12.8. The highest BCUT2D eigenvalue weighted by atomic mass is 16.5. The molecule has 0 atom stereocenters. The first-order valence-electron chi connectivity index (χ1n) is 4.49. The van der Waals surface area contributed by atoms with E-state index in [2.05, 4.69) is 5.18 Å². The van der Waals surface area contributed by atoms with Crippen LogP contribution in [-0.2, 0) is 9.53 Å². The quantitative estimate of drug-likeness (QED) is 0.388. The molecule has 0 saturated heterocycles. The molecule has 0 aliphatic heterocycles. The van der Waals surface area contributed by atoms with Crippen LogP contribution in [-0.4, -0.2) is 18.4 Å². The van der Waals surface area contributed by atoms with Gasteiger partial charge < -0.3 is 4.74 Å². The highest BCUT2D eigenvalue weighted by Crippen LogP contribution is 2.15. The van der Waals surface area contributed by atoms with Crippen LogP contribution < -0.4 is 0 Å². The predicted octanol–water partition coefficient (Wildman–Crippen LogP) is 2.29. The van der Waals surface area contributed by atoms with E-state index in [1.807, 2.05) is 13.8 Å². The van der Waals surface area contributed by atoms with E-state index in [1.54, 1.807) is 0 Å². The number of nitroso groups, excluding NO2 is 1. The van der Waals surface area contributed by atoms with Crippen LogP contribution in [0.4, 0.5) is 0 Å². The Balaban J connectivity index is 4.80. The average Bonchev–Trinajstić information content (AvgIpc) is 2.12. The maximum absolute atomic E-state index is 11.5. The summed E-state index contributed by atoms with van der Waals surface area (Å²) < 4.78 is 5.02. The second-order valence-electron chi connectivity index (χ2n) is 3.92. The molecule has 14 heavy (non-hydrogen) atoms. The van der Waals surface area contributed by atoms with Gasteiger partial charge in [0.05, 0.1) is 7.11 Å². The Morgan fingerprint density at radius 3 is 2.21 bits per heavy atom. The molecule has 0 spiro atoms.